The van der Waals surface area contributed by atoms with Gasteiger partial charge in [-0.25, -0.2) is 20.0 Å². The van der Waals surface area contributed by atoms with Crippen LogP contribution in [0.4, 0.5) is 0 Å². The summed E-state index contributed by atoms with van der Waals surface area (Å²) in [6.07, 6.45) is 13.3. The van der Waals surface area contributed by atoms with Gasteiger partial charge in [0.1, 0.15) is 0 Å². The molecule has 0 atom stereocenters. The van der Waals surface area contributed by atoms with Crippen LogP contribution in [-0.4, -0.2) is 74.7 Å². The second-order valence-electron chi connectivity index (χ2n) is 17.8. The van der Waals surface area contributed by atoms with Crippen molar-refractivity contribution in [2.45, 2.75) is 75.0 Å². The van der Waals surface area contributed by atoms with E-state index in [0.29, 0.717) is 66.8 Å². The summed E-state index contributed by atoms with van der Waals surface area (Å²) in [7, 11) is -19.1. The minimum Gasteiger partial charge on any atom is -0.282 e. The highest BCUT2D eigenvalue weighted by atomic mass is 32.2. The minimum absolute atomic E-state index is 0.168. The third-order valence-electron chi connectivity index (χ3n) is 13.2. The highest BCUT2D eigenvalue weighted by Crippen LogP contribution is 2.44. The number of nitrogens with zero attached hydrogens (tertiary/aromatic N) is 4. The maximum absolute atomic E-state index is 12.9. The van der Waals surface area contributed by atoms with E-state index in [-0.39, 0.29) is 87.5 Å². The highest BCUT2D eigenvalue weighted by Gasteiger charge is 2.33. The molecule has 5 aliphatic rings. The largest absolute Gasteiger partial charge is 0.294 e. The van der Waals surface area contributed by atoms with E-state index in [9.17, 15) is 51.9 Å². The van der Waals surface area contributed by atoms with Crippen LogP contribution in [0.15, 0.2) is 159 Å². The maximum atomic E-state index is 12.9. The van der Waals surface area contributed by atoms with Gasteiger partial charge in [0.2, 0.25) is 0 Å². The summed E-state index contributed by atoms with van der Waals surface area (Å²) in [6.45, 7) is 13.1. The van der Waals surface area contributed by atoms with Gasteiger partial charge in [-0.15, -0.1) is 0 Å². The third kappa shape index (κ3) is 8.52. The molecule has 0 spiro atoms. The van der Waals surface area contributed by atoms with E-state index in [2.05, 4.69) is 0 Å². The summed E-state index contributed by atoms with van der Waals surface area (Å²) in [4.78, 5) is 19.2. The number of fused-ring (bicyclic) bond motifs is 4. The number of rotatable bonds is 8. The van der Waals surface area contributed by atoms with Gasteiger partial charge in [0.25, 0.3) is 40.5 Å². The number of allylic oxidation sites excluding steroid dienone is 12. The van der Waals surface area contributed by atoms with E-state index in [0.717, 1.165) is 0 Å². The predicted octanol–water partition coefficient (Wildman–Crippen LogP) is 9.14. The molecule has 0 fully saturated rings. The van der Waals surface area contributed by atoms with Gasteiger partial charge < -0.3 is 0 Å². The Kier molecular flexibility index (Phi) is 12.1. The number of aryl methyl sites for hydroxylation is 4. The van der Waals surface area contributed by atoms with Crippen molar-refractivity contribution >= 4 is 85.6 Å². The number of aliphatic imine (C=N–C) groups is 4. The number of hydrogen-bond donors (Lipinski definition) is 4. The molecule has 368 valence electrons. The molecular weight excluding hydrogens is 1000 g/mol. The Morgan fingerprint density at radius 1 is 0.292 bits per heavy atom. The Morgan fingerprint density at radius 2 is 0.472 bits per heavy atom. The summed E-state index contributed by atoms with van der Waals surface area (Å²) in [5, 5.41) is 0. The molecule has 0 saturated heterocycles. The monoisotopic (exact) mass is 1040 g/mol. The molecule has 16 nitrogen and oxygen atoms in total. The number of benzene rings is 4. The van der Waals surface area contributed by atoms with E-state index >= 15 is 0 Å². The Balaban J connectivity index is 1.50. The van der Waals surface area contributed by atoms with Crippen molar-refractivity contribution in [2.75, 3.05) is 0 Å². The van der Waals surface area contributed by atoms with Crippen LogP contribution in [0.2, 0.25) is 0 Å². The SMILES string of the molecule is Cc1ccc(S(=O)(=O)O)c(C)c1C1=C2C=CC(=N2)C(c2c(C)ccc(S(=O)(=O)O)c2C)=C2C=CC(=N2)C(c2c(C)ccc(S(=O)(=O)O)c2C)=C2C=CC(=N2)C(c2c(C)ccc(S(=O)(=O)O)c2C)=C2C=CC1=N2. The molecule has 20 heteroatoms. The molecule has 8 bridgehead atoms. The molecule has 0 aromatic heterocycles. The smallest absolute Gasteiger partial charge is 0.282 e. The van der Waals surface area contributed by atoms with Crippen LogP contribution in [0, 0.1) is 55.4 Å². The zero-order valence-electron chi connectivity index (χ0n) is 39.7. The zero-order chi connectivity index (χ0) is 52.3. The number of hydrogen-bond acceptors (Lipinski definition) is 12. The Bertz CT molecular complexity index is 3600. The lowest BCUT2D eigenvalue weighted by Crippen LogP contribution is -2.11. The van der Waals surface area contributed by atoms with Crippen LogP contribution in [0.25, 0.3) is 22.3 Å². The van der Waals surface area contributed by atoms with E-state index in [1.54, 1.807) is 76.3 Å². The van der Waals surface area contributed by atoms with E-state index in [4.69, 9.17) is 20.0 Å². The molecule has 5 aliphatic heterocycles. The van der Waals surface area contributed by atoms with Gasteiger partial charge in [0.15, 0.2) is 0 Å². The summed E-state index contributed by atoms with van der Waals surface area (Å²) >= 11 is 0. The van der Waals surface area contributed by atoms with Gasteiger partial charge in [-0.1, -0.05) is 24.3 Å². The molecule has 0 unspecified atom stereocenters. The van der Waals surface area contributed by atoms with Crippen molar-refractivity contribution in [3.63, 3.8) is 0 Å². The predicted molar refractivity (Wildman–Crippen MR) is 277 cm³/mol. The fraction of sp³-hybridized carbons (Fsp3) is 0.154. The maximum Gasteiger partial charge on any atom is 0.294 e. The van der Waals surface area contributed by atoms with E-state index < -0.39 is 40.5 Å². The van der Waals surface area contributed by atoms with Crippen LogP contribution in [0.5, 0.6) is 0 Å². The first-order valence-corrected chi connectivity index (χ1v) is 27.7. The fourth-order valence-electron chi connectivity index (χ4n) is 10.1. The first kappa shape index (κ1) is 50.1. The second kappa shape index (κ2) is 17.4. The Hall–Kier alpha value is -6.88. The molecule has 72 heavy (non-hydrogen) atoms. The molecule has 9 rings (SSSR count). The molecule has 4 aromatic rings. The van der Waals surface area contributed by atoms with E-state index in [1.807, 2.05) is 0 Å². The van der Waals surface area contributed by atoms with Gasteiger partial charge in [0.05, 0.1) is 65.2 Å². The first-order chi connectivity index (χ1) is 33.6. The van der Waals surface area contributed by atoms with Gasteiger partial charge >= 0.3 is 0 Å². The molecule has 4 N–H and O–H groups in total. The fourth-order valence-corrected chi connectivity index (χ4v) is 13.0. The van der Waals surface area contributed by atoms with Gasteiger partial charge in [-0.2, -0.15) is 33.7 Å². The van der Waals surface area contributed by atoms with Crippen molar-refractivity contribution < 1.29 is 51.9 Å². The molecule has 0 radical (unpaired) electrons. The second-order valence-corrected chi connectivity index (χ2v) is 23.3. The van der Waals surface area contributed by atoms with Crippen molar-refractivity contribution in [3.05, 3.63) is 187 Å². The van der Waals surface area contributed by atoms with E-state index in [1.165, 1.54) is 76.2 Å². The van der Waals surface area contributed by atoms with Gasteiger partial charge in [-0.3, -0.25) is 18.2 Å². The topological polar surface area (TPSA) is 267 Å². The average Bonchev–Trinajstić information content (AvgIpc) is 4.11. The Labute approximate surface area is 416 Å². The molecule has 0 saturated carbocycles. The molecule has 0 aliphatic carbocycles. The standard InChI is InChI=1S/C52H44N4O12S4/c1-25-9-21-41(69(57,58)59)29(5)45(25)49-33-13-15-35(53-33)50(46-26(2)10-22-42(30(46)6)70(60,61)62)37-17-19-39(55-37)52(48-28(4)12-24-44(32(48)8)72(66,67)68)40-20-18-38(56-40)51(36-16-14-34(49)54-36)47-27(3)11-23-43(31(47)7)71(63,64)65/h9-24H,1-8H3,(H,57,58,59)(H,60,61,62)(H,63,64,65)(H,66,67,68). The van der Waals surface area contributed by atoms with Crippen LogP contribution < -0.4 is 0 Å². The first-order valence-electron chi connectivity index (χ1n) is 22.0. The van der Waals surface area contributed by atoms with Crippen LogP contribution in [0.3, 0.4) is 0 Å². The summed E-state index contributed by atoms with van der Waals surface area (Å²) < 4.78 is 145. The van der Waals surface area contributed by atoms with Crippen LogP contribution in [-0.2, 0) is 40.5 Å². The molecule has 4 aromatic carbocycles. The molecule has 0 amide bonds. The van der Waals surface area contributed by atoms with Crippen molar-refractivity contribution in [2.24, 2.45) is 20.0 Å². The van der Waals surface area contributed by atoms with Crippen LogP contribution >= 0.6 is 0 Å². The van der Waals surface area contributed by atoms with Crippen molar-refractivity contribution in [1.82, 2.24) is 0 Å². The van der Waals surface area contributed by atoms with Crippen molar-refractivity contribution in [3.8, 4) is 0 Å². The summed E-state index contributed by atoms with van der Waals surface area (Å²) in [6, 6.07) is 11.3. The quantitative estimate of drug-likeness (QED) is 0.120. The lowest BCUT2D eigenvalue weighted by atomic mass is 9.91. The lowest BCUT2D eigenvalue weighted by molar-refractivity contribution is 0.480. The minimum atomic E-state index is -4.77. The van der Waals surface area contributed by atoms with Gasteiger partial charge in [-0.05, 0) is 195 Å². The lowest BCUT2D eigenvalue weighted by Gasteiger charge is -2.19. The normalized spacial score (nSPS) is 16.9. The van der Waals surface area contributed by atoms with Crippen LogP contribution in [0.1, 0.15) is 66.8 Å². The van der Waals surface area contributed by atoms with Crippen molar-refractivity contribution in [1.29, 1.82) is 0 Å². The Morgan fingerprint density at radius 3 is 0.639 bits per heavy atom. The summed E-state index contributed by atoms with van der Waals surface area (Å²) in [5.74, 6) is 0. The van der Waals surface area contributed by atoms with Gasteiger partial charge in [0, 0.05) is 22.3 Å². The molecule has 5 heterocycles. The zero-order valence-corrected chi connectivity index (χ0v) is 43.0. The highest BCUT2D eigenvalue weighted by molar-refractivity contribution is 7.86. The molecular formula is C52H44N4O12S4. The average molecular weight is 1050 g/mol. The third-order valence-corrected chi connectivity index (χ3v) is 17.2. The summed E-state index contributed by atoms with van der Waals surface area (Å²) in [5.41, 5.74) is 7.63.